The number of carbonyl (C=O) groups is 1. The molecule has 0 aliphatic rings. The number of amides is 1. The van der Waals surface area contributed by atoms with Gasteiger partial charge >= 0.3 is 0 Å². The molecular formula is C26H31N7O. The standard InChI is InChI=1S/C26H31N7O/c1-3-8-20-11-13-21(14-12-20)25-30-24(4-2)31-33(25)23-10-7-9-22(19-23)26(34)27-15-5-6-18-32-28-16-17-29-32/h7,9-14,16-17,19H,3-6,8,15,18H2,1-2H3,(H,27,34). The summed E-state index contributed by atoms with van der Waals surface area (Å²) in [6, 6.07) is 16.0. The zero-order valence-corrected chi connectivity index (χ0v) is 19.8. The van der Waals surface area contributed by atoms with E-state index in [1.165, 1.54) is 5.56 Å². The average molecular weight is 458 g/mol. The number of carbonyl (C=O) groups excluding carboxylic acids is 1. The van der Waals surface area contributed by atoms with E-state index in [0.29, 0.717) is 12.1 Å². The molecule has 4 aromatic rings. The van der Waals surface area contributed by atoms with E-state index < -0.39 is 0 Å². The zero-order chi connectivity index (χ0) is 23.8. The van der Waals surface area contributed by atoms with Crippen molar-refractivity contribution >= 4 is 5.91 Å². The van der Waals surface area contributed by atoms with Crippen LogP contribution < -0.4 is 5.32 Å². The highest BCUT2D eigenvalue weighted by Crippen LogP contribution is 2.23. The van der Waals surface area contributed by atoms with Gasteiger partial charge in [0, 0.05) is 24.1 Å². The van der Waals surface area contributed by atoms with Crippen LogP contribution in [0, 0.1) is 0 Å². The fourth-order valence-electron chi connectivity index (χ4n) is 3.80. The van der Waals surface area contributed by atoms with Crippen molar-refractivity contribution in [2.75, 3.05) is 6.54 Å². The Kier molecular flexibility index (Phi) is 7.80. The number of hydrogen-bond acceptors (Lipinski definition) is 5. The third kappa shape index (κ3) is 5.75. The monoisotopic (exact) mass is 457 g/mol. The summed E-state index contributed by atoms with van der Waals surface area (Å²) in [4.78, 5) is 19.2. The maximum Gasteiger partial charge on any atom is 0.251 e. The maximum absolute atomic E-state index is 12.7. The highest BCUT2D eigenvalue weighted by Gasteiger charge is 2.15. The van der Waals surface area contributed by atoms with Crippen LogP contribution in [0.2, 0.25) is 0 Å². The predicted molar refractivity (Wildman–Crippen MR) is 132 cm³/mol. The first-order chi connectivity index (χ1) is 16.7. The Labute approximate surface area is 200 Å². The molecule has 34 heavy (non-hydrogen) atoms. The van der Waals surface area contributed by atoms with Gasteiger partial charge < -0.3 is 5.32 Å². The summed E-state index contributed by atoms with van der Waals surface area (Å²) in [6.45, 7) is 5.57. The minimum absolute atomic E-state index is 0.0969. The smallest absolute Gasteiger partial charge is 0.251 e. The lowest BCUT2D eigenvalue weighted by Gasteiger charge is -2.09. The number of rotatable bonds is 11. The Hall–Kier alpha value is -3.81. The molecular weight excluding hydrogens is 426 g/mol. The second-order valence-electron chi connectivity index (χ2n) is 8.20. The molecule has 2 aromatic carbocycles. The first kappa shape index (κ1) is 23.4. The molecule has 2 aromatic heterocycles. The second kappa shape index (κ2) is 11.4. The van der Waals surface area contributed by atoms with Gasteiger partial charge in [0.05, 0.1) is 24.6 Å². The van der Waals surface area contributed by atoms with Crippen molar-refractivity contribution in [2.45, 2.75) is 52.5 Å². The summed E-state index contributed by atoms with van der Waals surface area (Å²) < 4.78 is 1.83. The van der Waals surface area contributed by atoms with Crippen LogP contribution in [-0.4, -0.2) is 42.2 Å². The number of benzene rings is 2. The molecule has 0 unspecified atom stereocenters. The van der Waals surface area contributed by atoms with E-state index in [9.17, 15) is 4.79 Å². The van der Waals surface area contributed by atoms with E-state index in [4.69, 9.17) is 10.1 Å². The van der Waals surface area contributed by atoms with Gasteiger partial charge in [0.25, 0.3) is 5.91 Å². The summed E-state index contributed by atoms with van der Waals surface area (Å²) in [5.74, 6) is 1.46. The molecule has 0 aliphatic heterocycles. The quantitative estimate of drug-likeness (QED) is 0.340. The van der Waals surface area contributed by atoms with Crippen LogP contribution in [0.1, 0.15) is 54.9 Å². The predicted octanol–water partition coefficient (Wildman–Crippen LogP) is 4.25. The highest BCUT2D eigenvalue weighted by atomic mass is 16.1. The lowest BCUT2D eigenvalue weighted by atomic mass is 10.1. The molecule has 4 rings (SSSR count). The first-order valence-corrected chi connectivity index (χ1v) is 12.0. The van der Waals surface area contributed by atoms with E-state index in [1.54, 1.807) is 17.2 Å². The minimum atomic E-state index is -0.0969. The van der Waals surface area contributed by atoms with Crippen LogP contribution in [0.3, 0.4) is 0 Å². The summed E-state index contributed by atoms with van der Waals surface area (Å²) in [5, 5.41) is 15.9. The van der Waals surface area contributed by atoms with Gasteiger partial charge in [-0.1, -0.05) is 50.6 Å². The van der Waals surface area contributed by atoms with Crippen LogP contribution >= 0.6 is 0 Å². The number of hydrogen-bond donors (Lipinski definition) is 1. The molecule has 2 heterocycles. The van der Waals surface area contributed by atoms with Crippen molar-refractivity contribution in [1.29, 1.82) is 0 Å². The molecule has 0 aliphatic carbocycles. The van der Waals surface area contributed by atoms with Gasteiger partial charge in [0.1, 0.15) is 0 Å². The van der Waals surface area contributed by atoms with Gasteiger partial charge in [-0.2, -0.15) is 20.1 Å². The second-order valence-corrected chi connectivity index (χ2v) is 8.20. The molecule has 8 heteroatoms. The van der Waals surface area contributed by atoms with Gasteiger partial charge in [0.15, 0.2) is 11.6 Å². The van der Waals surface area contributed by atoms with Crippen LogP contribution in [0.4, 0.5) is 0 Å². The molecule has 0 fully saturated rings. The molecule has 8 nitrogen and oxygen atoms in total. The van der Waals surface area contributed by atoms with Gasteiger partial charge in [0.2, 0.25) is 0 Å². The lowest BCUT2D eigenvalue weighted by molar-refractivity contribution is 0.0952. The molecule has 0 saturated heterocycles. The fourth-order valence-corrected chi connectivity index (χ4v) is 3.80. The third-order valence-corrected chi connectivity index (χ3v) is 5.61. The molecule has 1 N–H and O–H groups in total. The fraction of sp³-hybridized carbons (Fsp3) is 0.346. The van der Waals surface area contributed by atoms with Crippen molar-refractivity contribution < 1.29 is 4.79 Å². The lowest BCUT2D eigenvalue weighted by Crippen LogP contribution is -2.24. The number of unbranched alkanes of at least 4 members (excludes halogenated alkanes) is 1. The number of nitrogens with one attached hydrogen (secondary N) is 1. The van der Waals surface area contributed by atoms with E-state index in [2.05, 4.69) is 46.7 Å². The van der Waals surface area contributed by atoms with Crippen LogP contribution in [0.25, 0.3) is 17.1 Å². The summed E-state index contributed by atoms with van der Waals surface area (Å²) in [7, 11) is 0. The van der Waals surface area contributed by atoms with Crippen LogP contribution in [-0.2, 0) is 19.4 Å². The van der Waals surface area contributed by atoms with Crippen LogP contribution in [0.5, 0.6) is 0 Å². The summed E-state index contributed by atoms with van der Waals surface area (Å²) in [6.07, 6.45) is 8.00. The van der Waals surface area contributed by atoms with Crippen molar-refractivity contribution in [3.05, 3.63) is 77.9 Å². The van der Waals surface area contributed by atoms with Gasteiger partial charge in [-0.05, 0) is 43.0 Å². The van der Waals surface area contributed by atoms with Crippen LogP contribution in [0.15, 0.2) is 60.9 Å². The van der Waals surface area contributed by atoms with Crippen molar-refractivity contribution in [2.24, 2.45) is 0 Å². The summed E-state index contributed by atoms with van der Waals surface area (Å²) >= 11 is 0. The molecule has 0 radical (unpaired) electrons. The van der Waals surface area contributed by atoms with E-state index in [0.717, 1.165) is 61.5 Å². The molecule has 0 spiro atoms. The van der Waals surface area contributed by atoms with Crippen molar-refractivity contribution in [3.8, 4) is 17.1 Å². The first-order valence-electron chi connectivity index (χ1n) is 12.0. The Morgan fingerprint density at radius 3 is 2.53 bits per heavy atom. The number of aromatic nitrogens is 6. The molecule has 176 valence electrons. The van der Waals surface area contributed by atoms with Gasteiger partial charge in [-0.15, -0.1) is 0 Å². The minimum Gasteiger partial charge on any atom is -0.352 e. The topological polar surface area (TPSA) is 90.5 Å². The maximum atomic E-state index is 12.7. The van der Waals surface area contributed by atoms with E-state index in [-0.39, 0.29) is 5.91 Å². The SMILES string of the molecule is CCCc1ccc(-c2nc(CC)nn2-c2cccc(C(=O)NCCCCn3nccn3)c2)cc1. The van der Waals surface area contributed by atoms with Gasteiger partial charge in [-0.3, -0.25) is 4.79 Å². The zero-order valence-electron chi connectivity index (χ0n) is 19.8. The normalized spacial score (nSPS) is 11.0. The molecule has 0 bridgehead atoms. The van der Waals surface area contributed by atoms with E-state index >= 15 is 0 Å². The highest BCUT2D eigenvalue weighted by molar-refractivity contribution is 5.94. The summed E-state index contributed by atoms with van der Waals surface area (Å²) in [5.41, 5.74) is 3.74. The van der Waals surface area contributed by atoms with Crippen molar-refractivity contribution in [3.63, 3.8) is 0 Å². The molecule has 0 atom stereocenters. The molecule has 0 saturated carbocycles. The number of aryl methyl sites for hydroxylation is 3. The number of nitrogens with zero attached hydrogens (tertiary/aromatic N) is 6. The third-order valence-electron chi connectivity index (χ3n) is 5.61. The van der Waals surface area contributed by atoms with Gasteiger partial charge in [-0.25, -0.2) is 9.67 Å². The average Bonchev–Trinajstić information content (AvgIpc) is 3.55. The Morgan fingerprint density at radius 2 is 1.79 bits per heavy atom. The van der Waals surface area contributed by atoms with Crippen molar-refractivity contribution in [1.82, 2.24) is 35.1 Å². The Morgan fingerprint density at radius 1 is 1.00 bits per heavy atom. The molecule has 1 amide bonds. The largest absolute Gasteiger partial charge is 0.352 e. The Bertz CT molecular complexity index is 1200. The Balaban J connectivity index is 1.46. The van der Waals surface area contributed by atoms with E-state index in [1.807, 2.05) is 35.9 Å².